The average Bonchev–Trinajstić information content (AvgIpc) is 2.30. The maximum atomic E-state index is 11.3. The minimum absolute atomic E-state index is 0.155. The van der Waals surface area contributed by atoms with E-state index >= 15 is 0 Å². The van der Waals surface area contributed by atoms with Crippen LogP contribution in [0.2, 0.25) is 0 Å². The molecule has 0 aliphatic carbocycles. The van der Waals surface area contributed by atoms with E-state index in [0.717, 1.165) is 4.47 Å². The highest BCUT2D eigenvalue weighted by Gasteiger charge is 2.20. The summed E-state index contributed by atoms with van der Waals surface area (Å²) >= 11 is 3.31. The number of methoxy groups -OCH3 is 2. The van der Waals surface area contributed by atoms with Crippen molar-refractivity contribution in [2.75, 3.05) is 20.8 Å². The van der Waals surface area contributed by atoms with Gasteiger partial charge in [-0.15, -0.1) is 0 Å². The van der Waals surface area contributed by atoms with E-state index in [4.69, 9.17) is 9.47 Å². The Morgan fingerprint density at radius 1 is 1.31 bits per heavy atom. The SMILES string of the molecule is COCC(Oc1ccc(Br)cc1)C(=O)OC. The Balaban J connectivity index is 2.67. The third-order valence-electron chi connectivity index (χ3n) is 1.87. The van der Waals surface area contributed by atoms with Crippen molar-refractivity contribution in [3.63, 3.8) is 0 Å². The second-order valence-corrected chi connectivity index (χ2v) is 3.95. The van der Waals surface area contributed by atoms with Crippen LogP contribution >= 0.6 is 15.9 Å². The fourth-order valence-corrected chi connectivity index (χ4v) is 1.37. The van der Waals surface area contributed by atoms with Crippen molar-refractivity contribution in [3.05, 3.63) is 28.7 Å². The van der Waals surface area contributed by atoms with Gasteiger partial charge < -0.3 is 14.2 Å². The van der Waals surface area contributed by atoms with E-state index in [2.05, 4.69) is 20.7 Å². The number of hydrogen-bond acceptors (Lipinski definition) is 4. The van der Waals surface area contributed by atoms with Gasteiger partial charge in [-0.1, -0.05) is 15.9 Å². The van der Waals surface area contributed by atoms with Crippen molar-refractivity contribution in [3.8, 4) is 5.75 Å². The van der Waals surface area contributed by atoms with E-state index in [0.29, 0.717) is 5.75 Å². The molecule has 5 heteroatoms. The quantitative estimate of drug-likeness (QED) is 0.778. The summed E-state index contributed by atoms with van der Waals surface area (Å²) in [6.45, 7) is 0.155. The number of carbonyl (C=O) groups is 1. The maximum absolute atomic E-state index is 11.3. The first kappa shape index (κ1) is 13.0. The third kappa shape index (κ3) is 3.83. The Morgan fingerprint density at radius 3 is 2.44 bits per heavy atom. The Hall–Kier alpha value is -1.07. The zero-order valence-corrected chi connectivity index (χ0v) is 10.7. The Kier molecular flexibility index (Phi) is 5.28. The topological polar surface area (TPSA) is 44.8 Å². The third-order valence-corrected chi connectivity index (χ3v) is 2.40. The largest absolute Gasteiger partial charge is 0.476 e. The number of esters is 1. The van der Waals surface area contributed by atoms with E-state index in [-0.39, 0.29) is 6.61 Å². The molecule has 1 rings (SSSR count). The molecule has 0 bridgehead atoms. The van der Waals surface area contributed by atoms with Crippen LogP contribution in [0, 0.1) is 0 Å². The first-order valence-electron chi connectivity index (χ1n) is 4.66. The number of carbonyl (C=O) groups excluding carboxylic acids is 1. The van der Waals surface area contributed by atoms with Gasteiger partial charge in [0.15, 0.2) is 0 Å². The van der Waals surface area contributed by atoms with Crippen molar-refractivity contribution in [1.82, 2.24) is 0 Å². The molecule has 88 valence electrons. The predicted molar refractivity (Wildman–Crippen MR) is 62.5 cm³/mol. The van der Waals surface area contributed by atoms with Gasteiger partial charge in [-0.25, -0.2) is 4.79 Å². The zero-order chi connectivity index (χ0) is 12.0. The fourth-order valence-electron chi connectivity index (χ4n) is 1.11. The number of benzene rings is 1. The molecule has 0 aliphatic rings. The van der Waals surface area contributed by atoms with Gasteiger partial charge in [-0.2, -0.15) is 0 Å². The minimum atomic E-state index is -0.740. The molecule has 0 amide bonds. The minimum Gasteiger partial charge on any atom is -0.476 e. The van der Waals surface area contributed by atoms with Crippen molar-refractivity contribution in [2.24, 2.45) is 0 Å². The normalized spacial score (nSPS) is 11.9. The summed E-state index contributed by atoms with van der Waals surface area (Å²) in [6, 6.07) is 7.18. The van der Waals surface area contributed by atoms with E-state index in [1.165, 1.54) is 14.2 Å². The lowest BCUT2D eigenvalue weighted by Gasteiger charge is -2.15. The second-order valence-electron chi connectivity index (χ2n) is 3.04. The summed E-state index contributed by atoms with van der Waals surface area (Å²) in [6.07, 6.45) is -0.740. The van der Waals surface area contributed by atoms with Crippen LogP contribution < -0.4 is 4.74 Å². The summed E-state index contributed by atoms with van der Waals surface area (Å²) in [5, 5.41) is 0. The molecule has 0 saturated carbocycles. The zero-order valence-electron chi connectivity index (χ0n) is 9.10. The van der Waals surface area contributed by atoms with Crippen LogP contribution in [0.25, 0.3) is 0 Å². The number of ether oxygens (including phenoxy) is 3. The van der Waals surface area contributed by atoms with Gasteiger partial charge in [0, 0.05) is 11.6 Å². The lowest BCUT2D eigenvalue weighted by molar-refractivity contribution is -0.151. The molecule has 0 fully saturated rings. The smallest absolute Gasteiger partial charge is 0.349 e. The van der Waals surface area contributed by atoms with Crippen LogP contribution in [0.1, 0.15) is 0 Å². The molecule has 1 unspecified atom stereocenters. The molecule has 0 aliphatic heterocycles. The first-order valence-corrected chi connectivity index (χ1v) is 5.45. The van der Waals surface area contributed by atoms with Crippen LogP contribution in [-0.4, -0.2) is 32.9 Å². The van der Waals surface area contributed by atoms with Crippen LogP contribution in [0.4, 0.5) is 0 Å². The summed E-state index contributed by atoms with van der Waals surface area (Å²) < 4.78 is 15.9. The first-order chi connectivity index (χ1) is 7.67. The highest BCUT2D eigenvalue weighted by molar-refractivity contribution is 9.10. The molecule has 16 heavy (non-hydrogen) atoms. The van der Waals surface area contributed by atoms with Crippen LogP contribution in [0.15, 0.2) is 28.7 Å². The van der Waals surface area contributed by atoms with Crippen LogP contribution in [-0.2, 0) is 14.3 Å². The van der Waals surface area contributed by atoms with Crippen molar-refractivity contribution in [2.45, 2.75) is 6.10 Å². The Labute approximate surface area is 103 Å². The standard InChI is InChI=1S/C11H13BrO4/c1-14-7-10(11(13)15-2)16-9-5-3-8(12)4-6-9/h3-6,10H,7H2,1-2H3. The molecular formula is C11H13BrO4. The van der Waals surface area contributed by atoms with Gasteiger partial charge in [-0.3, -0.25) is 0 Å². The molecule has 1 aromatic carbocycles. The summed E-state index contributed by atoms with van der Waals surface area (Å²) in [4.78, 5) is 11.3. The van der Waals surface area contributed by atoms with Gasteiger partial charge in [0.2, 0.25) is 6.10 Å². The summed E-state index contributed by atoms with van der Waals surface area (Å²) in [7, 11) is 2.82. The Bertz CT molecular complexity index is 336. The van der Waals surface area contributed by atoms with E-state index in [1.54, 1.807) is 12.1 Å². The van der Waals surface area contributed by atoms with Gasteiger partial charge in [0.25, 0.3) is 0 Å². The number of hydrogen-bond donors (Lipinski definition) is 0. The maximum Gasteiger partial charge on any atom is 0.349 e. The predicted octanol–water partition coefficient (Wildman–Crippen LogP) is 2.02. The van der Waals surface area contributed by atoms with Gasteiger partial charge in [-0.05, 0) is 24.3 Å². The molecule has 0 N–H and O–H groups in total. The molecule has 0 saturated heterocycles. The van der Waals surface area contributed by atoms with Gasteiger partial charge in [0.1, 0.15) is 5.75 Å². The molecule has 0 aromatic heterocycles. The number of halogens is 1. The lowest BCUT2D eigenvalue weighted by atomic mass is 10.3. The highest BCUT2D eigenvalue weighted by Crippen LogP contribution is 2.17. The van der Waals surface area contributed by atoms with Gasteiger partial charge in [0.05, 0.1) is 13.7 Å². The fraction of sp³-hybridized carbons (Fsp3) is 0.364. The molecule has 0 heterocycles. The Morgan fingerprint density at radius 2 is 1.94 bits per heavy atom. The molecular weight excluding hydrogens is 276 g/mol. The van der Waals surface area contributed by atoms with Crippen LogP contribution in [0.3, 0.4) is 0 Å². The highest BCUT2D eigenvalue weighted by atomic mass is 79.9. The lowest BCUT2D eigenvalue weighted by Crippen LogP contribution is -2.32. The summed E-state index contributed by atoms with van der Waals surface area (Å²) in [5.74, 6) is 0.139. The number of rotatable bonds is 5. The van der Waals surface area contributed by atoms with Crippen LogP contribution in [0.5, 0.6) is 5.75 Å². The van der Waals surface area contributed by atoms with Crippen molar-refractivity contribution < 1.29 is 19.0 Å². The van der Waals surface area contributed by atoms with E-state index in [9.17, 15) is 4.79 Å². The molecule has 0 spiro atoms. The molecule has 0 radical (unpaired) electrons. The van der Waals surface area contributed by atoms with Crippen molar-refractivity contribution >= 4 is 21.9 Å². The van der Waals surface area contributed by atoms with E-state index < -0.39 is 12.1 Å². The average molecular weight is 289 g/mol. The van der Waals surface area contributed by atoms with Crippen molar-refractivity contribution in [1.29, 1.82) is 0 Å². The monoisotopic (exact) mass is 288 g/mol. The molecule has 1 aromatic rings. The van der Waals surface area contributed by atoms with Gasteiger partial charge >= 0.3 is 5.97 Å². The molecule has 4 nitrogen and oxygen atoms in total. The molecule has 1 atom stereocenters. The van der Waals surface area contributed by atoms with E-state index in [1.807, 2.05) is 12.1 Å². The second kappa shape index (κ2) is 6.50. The summed E-state index contributed by atoms with van der Waals surface area (Å²) in [5.41, 5.74) is 0.